The van der Waals surface area contributed by atoms with Crippen LogP contribution in [0.4, 0.5) is 22.9 Å². The third-order valence-electron chi connectivity index (χ3n) is 6.67. The average molecular weight is 497 g/mol. The van der Waals surface area contributed by atoms with Crippen LogP contribution in [0.15, 0.2) is 85.8 Å². The van der Waals surface area contributed by atoms with Gasteiger partial charge in [0.05, 0.1) is 12.1 Å². The van der Waals surface area contributed by atoms with Gasteiger partial charge in [0.25, 0.3) is 0 Å². The standard InChI is InChI=1S/C29H32N6O2/c1-3-29(36)32-24-6-4-5-22(19-24)26-11-12-35-21-30-28(20-27(26)35)31-23-7-9-25(10-8-23)34-15-13-33(14-16-34)17-18-37-2/h3-12,19-21,31H,1,13-18H2,2H3,(H,32,36). The summed E-state index contributed by atoms with van der Waals surface area (Å²) in [5.74, 6) is 0.535. The highest BCUT2D eigenvalue weighted by molar-refractivity contribution is 5.99. The van der Waals surface area contributed by atoms with E-state index < -0.39 is 0 Å². The third-order valence-corrected chi connectivity index (χ3v) is 6.67. The van der Waals surface area contributed by atoms with E-state index in [1.807, 2.05) is 47.3 Å². The molecule has 0 aliphatic carbocycles. The molecule has 1 aliphatic rings. The molecule has 0 radical (unpaired) electrons. The molecular weight excluding hydrogens is 464 g/mol. The number of rotatable bonds is 9. The Bertz CT molecular complexity index is 1370. The van der Waals surface area contributed by atoms with Crippen LogP contribution in [-0.2, 0) is 9.53 Å². The second-order valence-corrected chi connectivity index (χ2v) is 9.06. The summed E-state index contributed by atoms with van der Waals surface area (Å²) in [6.07, 6.45) is 5.06. The van der Waals surface area contributed by atoms with Gasteiger partial charge in [-0.25, -0.2) is 4.98 Å². The summed E-state index contributed by atoms with van der Waals surface area (Å²) < 4.78 is 7.19. The van der Waals surface area contributed by atoms with Crippen molar-refractivity contribution in [1.29, 1.82) is 0 Å². The zero-order valence-electron chi connectivity index (χ0n) is 21.1. The average Bonchev–Trinajstić information content (AvgIpc) is 3.36. The van der Waals surface area contributed by atoms with Crippen LogP contribution in [-0.4, -0.2) is 66.6 Å². The minimum Gasteiger partial charge on any atom is -0.383 e. The van der Waals surface area contributed by atoms with Gasteiger partial charge in [0.1, 0.15) is 12.1 Å². The Hall–Kier alpha value is -4.14. The first kappa shape index (κ1) is 24.5. The minimum atomic E-state index is -0.232. The molecule has 2 N–H and O–H groups in total. The van der Waals surface area contributed by atoms with E-state index in [9.17, 15) is 4.79 Å². The van der Waals surface area contributed by atoms with E-state index in [0.717, 1.165) is 73.2 Å². The summed E-state index contributed by atoms with van der Waals surface area (Å²) in [5.41, 5.74) is 6.03. The van der Waals surface area contributed by atoms with E-state index in [0.29, 0.717) is 0 Å². The molecule has 0 bridgehead atoms. The van der Waals surface area contributed by atoms with Crippen LogP contribution in [0.2, 0.25) is 0 Å². The van der Waals surface area contributed by atoms with Crippen LogP contribution in [0.3, 0.4) is 0 Å². The maximum Gasteiger partial charge on any atom is 0.247 e. The monoisotopic (exact) mass is 496 g/mol. The lowest BCUT2D eigenvalue weighted by atomic mass is 10.1. The van der Waals surface area contributed by atoms with Gasteiger partial charge in [-0.3, -0.25) is 9.69 Å². The molecule has 1 saturated heterocycles. The topological polar surface area (TPSA) is 74.1 Å². The molecule has 37 heavy (non-hydrogen) atoms. The van der Waals surface area contributed by atoms with E-state index in [4.69, 9.17) is 4.74 Å². The Balaban J connectivity index is 1.28. The second kappa shape index (κ2) is 11.3. The first-order valence-corrected chi connectivity index (χ1v) is 12.5. The number of methoxy groups -OCH3 is 1. The first-order chi connectivity index (χ1) is 18.1. The number of nitrogens with one attached hydrogen (secondary N) is 2. The van der Waals surface area contributed by atoms with Gasteiger partial charge in [-0.05, 0) is 54.1 Å². The summed E-state index contributed by atoms with van der Waals surface area (Å²) >= 11 is 0. The molecule has 5 rings (SSSR count). The third kappa shape index (κ3) is 5.82. The molecule has 3 heterocycles. The fourth-order valence-electron chi connectivity index (χ4n) is 4.63. The van der Waals surface area contributed by atoms with Gasteiger partial charge in [0.15, 0.2) is 0 Å². The molecule has 1 fully saturated rings. The summed E-state index contributed by atoms with van der Waals surface area (Å²) in [6.45, 7) is 9.43. The van der Waals surface area contributed by atoms with Gasteiger partial charge in [-0.15, -0.1) is 0 Å². The number of ether oxygens (including phenoxy) is 1. The predicted octanol–water partition coefficient (Wildman–Crippen LogP) is 4.64. The minimum absolute atomic E-state index is 0.232. The van der Waals surface area contributed by atoms with Crippen LogP contribution < -0.4 is 15.5 Å². The smallest absolute Gasteiger partial charge is 0.247 e. The number of benzene rings is 2. The molecular formula is C29H32N6O2. The SMILES string of the molecule is C=CC(=O)Nc1cccc(-c2ccn3cnc(Nc4ccc(N5CCN(CCOC)CC5)cc4)cc23)c1. The lowest BCUT2D eigenvalue weighted by molar-refractivity contribution is -0.111. The largest absolute Gasteiger partial charge is 0.383 e. The molecule has 2 aromatic heterocycles. The van der Waals surface area contributed by atoms with Crippen molar-refractivity contribution >= 4 is 34.3 Å². The van der Waals surface area contributed by atoms with E-state index >= 15 is 0 Å². The lowest BCUT2D eigenvalue weighted by Crippen LogP contribution is -2.47. The Labute approximate surface area is 217 Å². The van der Waals surface area contributed by atoms with Crippen molar-refractivity contribution < 1.29 is 9.53 Å². The van der Waals surface area contributed by atoms with Gasteiger partial charge >= 0.3 is 0 Å². The van der Waals surface area contributed by atoms with Crippen molar-refractivity contribution in [3.63, 3.8) is 0 Å². The van der Waals surface area contributed by atoms with Gasteiger partial charge in [0.2, 0.25) is 5.91 Å². The highest BCUT2D eigenvalue weighted by Gasteiger charge is 2.17. The van der Waals surface area contributed by atoms with Crippen LogP contribution in [0.25, 0.3) is 16.6 Å². The van der Waals surface area contributed by atoms with Gasteiger partial charge < -0.3 is 24.7 Å². The molecule has 0 unspecified atom stereocenters. The molecule has 4 aromatic rings. The normalized spacial score (nSPS) is 14.0. The fraction of sp³-hybridized carbons (Fsp3) is 0.241. The van der Waals surface area contributed by atoms with Crippen LogP contribution in [0.1, 0.15) is 0 Å². The molecule has 0 atom stereocenters. The van der Waals surface area contributed by atoms with E-state index in [-0.39, 0.29) is 5.91 Å². The maximum absolute atomic E-state index is 11.7. The number of amides is 1. The maximum atomic E-state index is 11.7. The van der Waals surface area contributed by atoms with Crippen molar-refractivity contribution in [2.24, 2.45) is 0 Å². The lowest BCUT2D eigenvalue weighted by Gasteiger charge is -2.36. The van der Waals surface area contributed by atoms with Gasteiger partial charge in [0, 0.05) is 74.7 Å². The number of carbonyl (C=O) groups is 1. The van der Waals surface area contributed by atoms with Crippen molar-refractivity contribution in [3.05, 3.63) is 85.8 Å². The van der Waals surface area contributed by atoms with Crippen LogP contribution >= 0.6 is 0 Å². The van der Waals surface area contributed by atoms with Crippen molar-refractivity contribution in [3.8, 4) is 11.1 Å². The molecule has 8 heteroatoms. The van der Waals surface area contributed by atoms with Gasteiger partial charge in [-0.1, -0.05) is 18.7 Å². The Morgan fingerprint density at radius 2 is 1.86 bits per heavy atom. The number of nitrogens with zero attached hydrogens (tertiary/aromatic N) is 4. The molecule has 2 aromatic carbocycles. The van der Waals surface area contributed by atoms with Crippen molar-refractivity contribution in [1.82, 2.24) is 14.3 Å². The molecule has 1 aliphatic heterocycles. The summed E-state index contributed by atoms with van der Waals surface area (Å²) in [6, 6.07) is 20.4. The van der Waals surface area contributed by atoms with Crippen LogP contribution in [0, 0.1) is 0 Å². The first-order valence-electron chi connectivity index (χ1n) is 12.5. The van der Waals surface area contributed by atoms with E-state index in [1.54, 1.807) is 7.11 Å². The van der Waals surface area contributed by atoms with E-state index in [1.165, 1.54) is 11.8 Å². The summed E-state index contributed by atoms with van der Waals surface area (Å²) in [7, 11) is 1.75. The number of hydrogen-bond acceptors (Lipinski definition) is 6. The quantitative estimate of drug-likeness (QED) is 0.329. The predicted molar refractivity (Wildman–Crippen MR) is 150 cm³/mol. The zero-order chi connectivity index (χ0) is 25.6. The summed E-state index contributed by atoms with van der Waals surface area (Å²) in [4.78, 5) is 21.2. The number of hydrogen-bond donors (Lipinski definition) is 2. The fourth-order valence-corrected chi connectivity index (χ4v) is 4.63. The molecule has 0 spiro atoms. The number of carbonyl (C=O) groups excluding carboxylic acids is 1. The Morgan fingerprint density at radius 1 is 1.05 bits per heavy atom. The second-order valence-electron chi connectivity index (χ2n) is 9.06. The molecule has 8 nitrogen and oxygen atoms in total. The summed E-state index contributed by atoms with van der Waals surface area (Å²) in [5, 5.41) is 6.26. The number of fused-ring (bicyclic) bond motifs is 1. The molecule has 1 amide bonds. The van der Waals surface area contributed by atoms with Crippen molar-refractivity contribution in [2.75, 3.05) is 62.0 Å². The highest BCUT2D eigenvalue weighted by atomic mass is 16.5. The number of piperazine rings is 1. The van der Waals surface area contributed by atoms with Crippen molar-refractivity contribution in [2.45, 2.75) is 0 Å². The highest BCUT2D eigenvalue weighted by Crippen LogP contribution is 2.30. The van der Waals surface area contributed by atoms with Gasteiger partial charge in [-0.2, -0.15) is 0 Å². The number of aromatic nitrogens is 2. The van der Waals surface area contributed by atoms with E-state index in [2.05, 4.69) is 62.3 Å². The molecule has 190 valence electrons. The number of anilines is 4. The Morgan fingerprint density at radius 3 is 2.62 bits per heavy atom. The van der Waals surface area contributed by atoms with Crippen LogP contribution in [0.5, 0.6) is 0 Å². The molecule has 0 saturated carbocycles. The zero-order valence-corrected chi connectivity index (χ0v) is 21.1. The Kier molecular flexibility index (Phi) is 7.49.